The molecule has 1 aliphatic heterocycles. The van der Waals surface area contributed by atoms with Crippen LogP contribution in [0.5, 0.6) is 0 Å². The van der Waals surface area contributed by atoms with E-state index in [4.69, 9.17) is 5.53 Å². The van der Waals surface area contributed by atoms with Crippen LogP contribution >= 0.6 is 24.0 Å². The van der Waals surface area contributed by atoms with E-state index in [0.29, 0.717) is 4.32 Å². The number of nitrogens with zero attached hydrogens (tertiary/aromatic N) is 4. The molecule has 0 spiro atoms. The number of rotatable bonds is 1. The van der Waals surface area contributed by atoms with Crippen molar-refractivity contribution in [2.24, 2.45) is 5.22 Å². The van der Waals surface area contributed by atoms with Crippen LogP contribution in [0.15, 0.2) is 5.22 Å². The van der Waals surface area contributed by atoms with Crippen molar-refractivity contribution >= 4 is 34.2 Å². The second-order valence-electron chi connectivity index (χ2n) is 1.44. The van der Waals surface area contributed by atoms with Crippen LogP contribution < -0.4 is 0 Å². The highest BCUT2D eigenvalue weighted by molar-refractivity contribution is 8.23. The van der Waals surface area contributed by atoms with Crippen molar-refractivity contribution < 1.29 is 4.79 Å². The Balaban J connectivity index is 2.81. The van der Waals surface area contributed by atoms with E-state index in [9.17, 15) is 4.79 Å². The van der Waals surface area contributed by atoms with E-state index in [-0.39, 0.29) is 11.7 Å². The quantitative estimate of drug-likeness (QED) is 0.258. The van der Waals surface area contributed by atoms with Crippen LogP contribution in [0, 0.1) is 0 Å². The summed E-state index contributed by atoms with van der Waals surface area (Å²) in [6.45, 7) is 0. The number of carbonyl (C=O) groups excluding carboxylic acids is 1. The summed E-state index contributed by atoms with van der Waals surface area (Å²) in [7, 11) is 0. The third-order valence-electron chi connectivity index (χ3n) is 0.858. The normalized spacial score (nSPS) is 17.4. The minimum Gasteiger partial charge on any atom is -0.245 e. The van der Waals surface area contributed by atoms with Gasteiger partial charge in [0.05, 0.1) is 0 Å². The Morgan fingerprint density at radius 3 is 3.00 bits per heavy atom. The van der Waals surface area contributed by atoms with Crippen molar-refractivity contribution in [3.63, 3.8) is 0 Å². The predicted molar refractivity (Wildman–Crippen MR) is 41.0 cm³/mol. The summed E-state index contributed by atoms with van der Waals surface area (Å²) in [5.74, 6) is 0.0190. The fourth-order valence-electron chi connectivity index (χ4n) is 0.474. The molecule has 5 nitrogen and oxygen atoms in total. The van der Waals surface area contributed by atoms with Crippen LogP contribution in [0.4, 0.5) is 0 Å². The van der Waals surface area contributed by atoms with E-state index in [2.05, 4.69) is 22.4 Å². The zero-order valence-corrected chi connectivity index (χ0v) is 6.35. The average molecular weight is 174 g/mol. The summed E-state index contributed by atoms with van der Waals surface area (Å²) >= 11 is 5.88. The van der Waals surface area contributed by atoms with Gasteiger partial charge in [0, 0.05) is 0 Å². The zero-order valence-electron chi connectivity index (χ0n) is 4.72. The predicted octanol–water partition coefficient (Wildman–Crippen LogP) is 1.07. The monoisotopic (exact) mass is 174 g/mol. The van der Waals surface area contributed by atoms with Crippen LogP contribution in [-0.4, -0.2) is 21.0 Å². The van der Waals surface area contributed by atoms with Gasteiger partial charge in [0.15, 0.2) is 0 Å². The van der Waals surface area contributed by atoms with Gasteiger partial charge in [0.2, 0.25) is 4.32 Å². The molecule has 0 aromatic carbocycles. The average Bonchev–Trinajstić information content (AvgIpc) is 2.20. The third kappa shape index (κ3) is 1.21. The van der Waals surface area contributed by atoms with E-state index in [1.807, 2.05) is 0 Å². The number of hydrogen-bond donors (Lipinski definition) is 0. The molecule has 1 fully saturated rings. The smallest absolute Gasteiger partial charge is 0.245 e. The van der Waals surface area contributed by atoms with E-state index in [1.54, 1.807) is 0 Å². The van der Waals surface area contributed by atoms with E-state index < -0.39 is 0 Å². The molecule has 1 amide bonds. The molecular formula is C3H2N4OS2. The van der Waals surface area contributed by atoms with Gasteiger partial charge < -0.3 is 0 Å². The molecule has 10 heavy (non-hydrogen) atoms. The Morgan fingerprint density at radius 1 is 1.90 bits per heavy atom. The molecule has 1 aliphatic rings. The van der Waals surface area contributed by atoms with Crippen LogP contribution in [-0.2, 0) is 4.79 Å². The van der Waals surface area contributed by atoms with E-state index >= 15 is 0 Å². The van der Waals surface area contributed by atoms with E-state index in [1.165, 1.54) is 11.8 Å². The van der Waals surface area contributed by atoms with Gasteiger partial charge in [0.25, 0.3) is 0 Å². The first-order chi connectivity index (χ1) is 4.75. The minimum absolute atomic E-state index is 0.257. The first kappa shape index (κ1) is 7.33. The molecule has 7 heteroatoms. The highest BCUT2D eigenvalue weighted by Crippen LogP contribution is 2.19. The van der Waals surface area contributed by atoms with Crippen LogP contribution in [0.3, 0.4) is 0 Å². The van der Waals surface area contributed by atoms with Crippen molar-refractivity contribution in [1.82, 2.24) is 5.01 Å². The zero-order chi connectivity index (χ0) is 7.56. The fraction of sp³-hybridized carbons (Fsp3) is 0.333. The molecule has 0 radical (unpaired) electrons. The van der Waals surface area contributed by atoms with Gasteiger partial charge >= 0.3 is 5.91 Å². The molecule has 0 aromatic rings. The number of thiocarbonyl (C=S) groups is 1. The molecule has 0 aromatic heterocycles. The molecule has 1 saturated heterocycles. The first-order valence-corrected chi connectivity index (χ1v) is 3.70. The molecule has 1 rings (SSSR count). The van der Waals surface area contributed by atoms with E-state index in [0.717, 1.165) is 5.01 Å². The number of amides is 1. The lowest BCUT2D eigenvalue weighted by atomic mass is 10.7. The maximum absolute atomic E-state index is 10.7. The Bertz CT molecular complexity index is 217. The molecule has 0 unspecified atom stereocenters. The first-order valence-electron chi connectivity index (χ1n) is 2.30. The third-order valence-corrected chi connectivity index (χ3v) is 2.20. The molecular weight excluding hydrogens is 172 g/mol. The molecule has 0 saturated carbocycles. The Hall–Kier alpha value is -0.780. The Morgan fingerprint density at radius 2 is 2.60 bits per heavy atom. The summed E-state index contributed by atoms with van der Waals surface area (Å²) in [6, 6.07) is 0. The molecule has 0 atom stereocenters. The second kappa shape index (κ2) is 2.87. The minimum atomic E-state index is -0.257. The molecule has 52 valence electrons. The van der Waals surface area contributed by atoms with Crippen molar-refractivity contribution in [3.8, 4) is 0 Å². The van der Waals surface area contributed by atoms with Crippen molar-refractivity contribution in [2.45, 2.75) is 0 Å². The highest BCUT2D eigenvalue weighted by atomic mass is 32.2. The Labute approximate surface area is 66.0 Å². The van der Waals surface area contributed by atoms with Crippen LogP contribution in [0.2, 0.25) is 0 Å². The lowest BCUT2D eigenvalue weighted by molar-refractivity contribution is -0.124. The number of thioether (sulfide) groups is 1. The van der Waals surface area contributed by atoms with Crippen molar-refractivity contribution in [1.29, 1.82) is 0 Å². The van der Waals surface area contributed by atoms with Gasteiger partial charge in [-0.25, -0.2) is 4.79 Å². The molecule has 0 bridgehead atoms. The van der Waals surface area contributed by atoms with Crippen molar-refractivity contribution in [2.75, 3.05) is 5.75 Å². The lowest BCUT2D eigenvalue weighted by Crippen LogP contribution is -2.21. The topological polar surface area (TPSA) is 69.1 Å². The summed E-state index contributed by atoms with van der Waals surface area (Å²) in [4.78, 5) is 13.2. The van der Waals surface area contributed by atoms with Gasteiger partial charge in [0.1, 0.15) is 5.75 Å². The molecule has 0 aliphatic carbocycles. The summed E-state index contributed by atoms with van der Waals surface area (Å²) < 4.78 is 0.322. The fourth-order valence-corrected chi connectivity index (χ4v) is 1.42. The largest absolute Gasteiger partial charge is 0.329 e. The number of carbonyl (C=O) groups is 1. The lowest BCUT2D eigenvalue weighted by Gasteiger charge is -1.96. The van der Waals surface area contributed by atoms with Gasteiger partial charge in [-0.05, 0) is 17.4 Å². The SMILES string of the molecule is [N-]=[N+]=NN1C(=O)CSC1=S. The summed E-state index contributed by atoms with van der Waals surface area (Å²) in [5, 5.41) is 3.98. The maximum Gasteiger partial charge on any atom is 0.329 e. The number of hydrogen-bond acceptors (Lipinski definition) is 4. The van der Waals surface area contributed by atoms with Crippen LogP contribution in [0.1, 0.15) is 0 Å². The van der Waals surface area contributed by atoms with Crippen molar-refractivity contribution in [3.05, 3.63) is 10.4 Å². The van der Waals surface area contributed by atoms with Gasteiger partial charge in [-0.3, -0.25) is 0 Å². The molecule has 0 N–H and O–H groups in total. The standard InChI is InChI=1S/C3H2N4OS2/c4-5-6-7-2(8)1-10-3(7)9/h1H2. The van der Waals surface area contributed by atoms with Gasteiger partial charge in [-0.15, -0.1) is 10.5 Å². The molecule has 1 heterocycles. The summed E-state index contributed by atoms with van der Waals surface area (Å²) in [5.41, 5.74) is 7.96. The number of azide groups is 1. The second-order valence-corrected chi connectivity index (χ2v) is 3.05. The van der Waals surface area contributed by atoms with Gasteiger partial charge in [-0.2, -0.15) is 4.91 Å². The van der Waals surface area contributed by atoms with Crippen LogP contribution in [0.25, 0.3) is 10.4 Å². The maximum atomic E-state index is 10.7. The highest BCUT2D eigenvalue weighted by Gasteiger charge is 2.30. The summed E-state index contributed by atoms with van der Waals surface area (Å²) in [6.07, 6.45) is 0. The Kier molecular flexibility index (Phi) is 2.10. The van der Waals surface area contributed by atoms with Gasteiger partial charge in [-0.1, -0.05) is 11.8 Å².